The van der Waals surface area contributed by atoms with Crippen molar-refractivity contribution in [2.45, 2.75) is 45.4 Å². The van der Waals surface area contributed by atoms with Gasteiger partial charge < -0.3 is 10.6 Å². The van der Waals surface area contributed by atoms with Crippen LogP contribution in [0.5, 0.6) is 0 Å². The quantitative estimate of drug-likeness (QED) is 0.854. The molecule has 1 aliphatic heterocycles. The van der Waals surface area contributed by atoms with Crippen LogP contribution in [0.4, 0.5) is 5.69 Å². The van der Waals surface area contributed by atoms with Crippen LogP contribution in [-0.4, -0.2) is 17.4 Å². The molecule has 0 bridgehead atoms. The van der Waals surface area contributed by atoms with Crippen LogP contribution in [0.3, 0.4) is 0 Å². The molecule has 1 saturated carbocycles. The number of hydrogen-bond donors (Lipinski definition) is 1. The number of nitrogens with zero attached hydrogens (tertiary/aromatic N) is 1. The first kappa shape index (κ1) is 14.5. The lowest BCUT2D eigenvalue weighted by Gasteiger charge is -2.37. The second-order valence-electron chi connectivity index (χ2n) is 6.35. The van der Waals surface area contributed by atoms with Crippen LogP contribution in [0, 0.1) is 12.3 Å². The van der Waals surface area contributed by atoms with Gasteiger partial charge in [0.05, 0.1) is 10.4 Å². The van der Waals surface area contributed by atoms with Crippen LogP contribution in [0.25, 0.3) is 0 Å². The van der Waals surface area contributed by atoms with Gasteiger partial charge in [-0.1, -0.05) is 42.8 Å². The number of benzene rings is 1. The van der Waals surface area contributed by atoms with Crippen molar-refractivity contribution < 1.29 is 4.79 Å². The lowest BCUT2D eigenvalue weighted by atomic mass is 9.83. The Labute approximate surface area is 131 Å². The summed E-state index contributed by atoms with van der Waals surface area (Å²) >= 11 is 5.26. The molecule has 4 heteroatoms. The second-order valence-corrected chi connectivity index (χ2v) is 6.79. The van der Waals surface area contributed by atoms with Crippen molar-refractivity contribution in [3.05, 3.63) is 29.3 Å². The van der Waals surface area contributed by atoms with Crippen LogP contribution in [-0.2, 0) is 11.2 Å². The standard InChI is InChI=1S/C17H22N2OS/c1-12-6-7-14-13(11-12)5-4-10-19(14)16(20)17(15(18)21)8-2-3-9-17/h6-7,11H,2-5,8-10H2,1H3,(H2,18,21). The third-order valence-corrected chi connectivity index (χ3v) is 5.33. The molecular weight excluding hydrogens is 280 g/mol. The molecule has 0 atom stereocenters. The number of thiocarbonyl (C=S) groups is 1. The highest BCUT2D eigenvalue weighted by molar-refractivity contribution is 7.80. The molecule has 2 N–H and O–H groups in total. The Kier molecular flexibility index (Phi) is 3.74. The summed E-state index contributed by atoms with van der Waals surface area (Å²) < 4.78 is 0. The number of amides is 1. The first-order valence-electron chi connectivity index (χ1n) is 7.76. The molecule has 1 heterocycles. The molecule has 112 valence electrons. The molecule has 3 nitrogen and oxygen atoms in total. The van der Waals surface area contributed by atoms with Gasteiger partial charge in [-0.25, -0.2) is 0 Å². The Morgan fingerprint density at radius 1 is 1.29 bits per heavy atom. The number of carbonyl (C=O) groups excluding carboxylic acids is 1. The second kappa shape index (κ2) is 5.41. The highest BCUT2D eigenvalue weighted by Crippen LogP contribution is 2.42. The van der Waals surface area contributed by atoms with Crippen LogP contribution < -0.4 is 10.6 Å². The van der Waals surface area contributed by atoms with Gasteiger partial charge in [0.2, 0.25) is 5.91 Å². The molecule has 0 radical (unpaired) electrons. The van der Waals surface area contributed by atoms with Crippen LogP contribution in [0.15, 0.2) is 18.2 Å². The van der Waals surface area contributed by atoms with E-state index in [1.165, 1.54) is 11.1 Å². The average Bonchev–Trinajstić information content (AvgIpc) is 2.96. The number of carbonyl (C=O) groups is 1. The summed E-state index contributed by atoms with van der Waals surface area (Å²) in [7, 11) is 0. The molecule has 1 amide bonds. The zero-order valence-electron chi connectivity index (χ0n) is 12.5. The first-order valence-corrected chi connectivity index (χ1v) is 8.17. The highest BCUT2D eigenvalue weighted by atomic mass is 32.1. The zero-order valence-corrected chi connectivity index (χ0v) is 13.3. The number of nitrogens with two attached hydrogens (primary N) is 1. The fourth-order valence-electron chi connectivity index (χ4n) is 3.74. The summed E-state index contributed by atoms with van der Waals surface area (Å²) in [4.78, 5) is 15.5. The van der Waals surface area contributed by atoms with Gasteiger partial charge in [0, 0.05) is 12.2 Å². The van der Waals surface area contributed by atoms with Gasteiger partial charge in [-0.05, 0) is 44.2 Å². The Hall–Kier alpha value is -1.42. The van der Waals surface area contributed by atoms with Gasteiger partial charge in [-0.3, -0.25) is 4.79 Å². The van der Waals surface area contributed by atoms with Crippen LogP contribution in [0.1, 0.15) is 43.2 Å². The summed E-state index contributed by atoms with van der Waals surface area (Å²) in [5.41, 5.74) is 8.93. The first-order chi connectivity index (χ1) is 10.0. The minimum absolute atomic E-state index is 0.123. The molecule has 3 rings (SSSR count). The lowest BCUT2D eigenvalue weighted by molar-refractivity contribution is -0.124. The fraction of sp³-hybridized carbons (Fsp3) is 0.529. The van der Waals surface area contributed by atoms with Gasteiger partial charge >= 0.3 is 0 Å². The number of aryl methyl sites for hydroxylation is 2. The largest absolute Gasteiger partial charge is 0.392 e. The topological polar surface area (TPSA) is 46.3 Å². The molecule has 0 saturated heterocycles. The number of rotatable bonds is 2. The van der Waals surface area contributed by atoms with E-state index in [-0.39, 0.29) is 5.91 Å². The summed E-state index contributed by atoms with van der Waals surface area (Å²) in [5, 5.41) is 0. The maximum Gasteiger partial charge on any atom is 0.240 e. The van der Waals surface area contributed by atoms with Crippen molar-refractivity contribution in [3.8, 4) is 0 Å². The van der Waals surface area contributed by atoms with E-state index in [2.05, 4.69) is 25.1 Å². The van der Waals surface area contributed by atoms with Crippen LogP contribution >= 0.6 is 12.2 Å². The summed E-state index contributed by atoms with van der Waals surface area (Å²) in [6, 6.07) is 6.34. The Morgan fingerprint density at radius 2 is 2.00 bits per heavy atom. The van der Waals surface area contributed by atoms with E-state index in [1.54, 1.807) is 0 Å². The normalized spacial score (nSPS) is 20.1. The monoisotopic (exact) mass is 302 g/mol. The van der Waals surface area contributed by atoms with Crippen molar-refractivity contribution in [1.29, 1.82) is 0 Å². The number of fused-ring (bicyclic) bond motifs is 1. The predicted octanol–water partition coefficient (Wildman–Crippen LogP) is 3.12. The molecular formula is C17H22N2OS. The molecule has 21 heavy (non-hydrogen) atoms. The Morgan fingerprint density at radius 3 is 2.67 bits per heavy atom. The third kappa shape index (κ3) is 2.35. The van der Waals surface area contributed by atoms with Gasteiger partial charge in [0.15, 0.2) is 0 Å². The van der Waals surface area contributed by atoms with Gasteiger partial charge in [0.1, 0.15) is 0 Å². The third-order valence-electron chi connectivity index (χ3n) is 4.94. The molecule has 0 spiro atoms. The van der Waals surface area contributed by atoms with Crippen molar-refractivity contribution in [1.82, 2.24) is 0 Å². The van der Waals surface area contributed by atoms with Gasteiger partial charge in [-0.2, -0.15) is 0 Å². The highest BCUT2D eigenvalue weighted by Gasteiger charge is 2.47. The lowest BCUT2D eigenvalue weighted by Crippen LogP contribution is -2.50. The molecule has 1 aromatic rings. The zero-order chi connectivity index (χ0) is 15.0. The van der Waals surface area contributed by atoms with E-state index in [4.69, 9.17) is 18.0 Å². The van der Waals surface area contributed by atoms with E-state index in [9.17, 15) is 4.79 Å². The van der Waals surface area contributed by atoms with E-state index in [0.29, 0.717) is 4.99 Å². The molecule has 1 fully saturated rings. The van der Waals surface area contributed by atoms with Gasteiger partial charge in [0.25, 0.3) is 0 Å². The molecule has 0 unspecified atom stereocenters. The van der Waals surface area contributed by atoms with Crippen molar-refractivity contribution >= 4 is 28.8 Å². The molecule has 0 aromatic heterocycles. The predicted molar refractivity (Wildman–Crippen MR) is 89.5 cm³/mol. The molecule has 1 aromatic carbocycles. The maximum atomic E-state index is 13.2. The van der Waals surface area contributed by atoms with Gasteiger partial charge in [-0.15, -0.1) is 0 Å². The smallest absolute Gasteiger partial charge is 0.240 e. The van der Waals surface area contributed by atoms with E-state index >= 15 is 0 Å². The average molecular weight is 302 g/mol. The summed E-state index contributed by atoms with van der Waals surface area (Å²) in [6.07, 6.45) is 5.74. The van der Waals surface area contributed by atoms with E-state index in [0.717, 1.165) is 50.8 Å². The minimum atomic E-state index is -0.602. The van der Waals surface area contributed by atoms with E-state index in [1.807, 2.05) is 4.90 Å². The summed E-state index contributed by atoms with van der Waals surface area (Å²) in [6.45, 7) is 2.87. The SMILES string of the molecule is Cc1ccc2c(c1)CCCN2C(=O)C1(C(N)=S)CCCC1. The fourth-order valence-corrected chi connectivity index (χ4v) is 4.03. The minimum Gasteiger partial charge on any atom is -0.392 e. The van der Waals surface area contributed by atoms with Crippen molar-refractivity contribution in [3.63, 3.8) is 0 Å². The van der Waals surface area contributed by atoms with E-state index < -0.39 is 5.41 Å². The molecule has 2 aliphatic rings. The Bertz CT molecular complexity index is 590. The molecule has 1 aliphatic carbocycles. The Balaban J connectivity index is 1.98. The van der Waals surface area contributed by atoms with Crippen LogP contribution in [0.2, 0.25) is 0 Å². The number of anilines is 1. The van der Waals surface area contributed by atoms with Crippen molar-refractivity contribution in [2.24, 2.45) is 11.1 Å². The summed E-state index contributed by atoms with van der Waals surface area (Å²) in [5.74, 6) is 0.123. The maximum absolute atomic E-state index is 13.2. The number of hydrogen-bond acceptors (Lipinski definition) is 2. The van der Waals surface area contributed by atoms with Crippen molar-refractivity contribution in [2.75, 3.05) is 11.4 Å².